The monoisotopic (exact) mass is 430 g/mol. The van der Waals surface area contributed by atoms with E-state index in [1.54, 1.807) is 6.92 Å². The van der Waals surface area contributed by atoms with Crippen LogP contribution in [0.3, 0.4) is 0 Å². The highest BCUT2D eigenvalue weighted by Gasteiger charge is 2.59. The first-order valence-corrected chi connectivity index (χ1v) is 10.0. The summed E-state index contributed by atoms with van der Waals surface area (Å²) in [5, 5.41) is 0. The van der Waals surface area contributed by atoms with Crippen molar-refractivity contribution in [2.45, 2.75) is 96.8 Å². The van der Waals surface area contributed by atoms with E-state index in [0.717, 1.165) is 6.42 Å². The molecule has 0 saturated heterocycles. The minimum Gasteiger partial charge on any atom is -0.459 e. The molecule has 0 heterocycles. The van der Waals surface area contributed by atoms with Crippen LogP contribution in [0.4, 0.5) is 22.0 Å². The second-order valence-electron chi connectivity index (χ2n) is 8.53. The van der Waals surface area contributed by atoms with Gasteiger partial charge in [0.25, 0.3) is 0 Å². The van der Waals surface area contributed by atoms with Crippen molar-refractivity contribution in [1.82, 2.24) is 0 Å². The van der Waals surface area contributed by atoms with Crippen molar-refractivity contribution in [3.05, 3.63) is 0 Å². The number of carbonyl (C=O) groups is 2. The van der Waals surface area contributed by atoms with Crippen LogP contribution in [0, 0.1) is 11.3 Å². The molecule has 170 valence electrons. The molecular weight excluding hydrogens is 399 g/mol. The minimum absolute atomic E-state index is 0.0614. The second-order valence-corrected chi connectivity index (χ2v) is 8.53. The molecule has 29 heavy (non-hydrogen) atoms. The second kappa shape index (κ2) is 9.60. The Hall–Kier alpha value is -1.41. The maximum Gasteiger partial charge on any atom is 0.456 e. The Bertz CT molecular complexity index is 566. The van der Waals surface area contributed by atoms with Crippen molar-refractivity contribution in [3.8, 4) is 0 Å². The van der Waals surface area contributed by atoms with E-state index in [1.165, 1.54) is 0 Å². The smallest absolute Gasteiger partial charge is 0.456 e. The quantitative estimate of drug-likeness (QED) is 0.323. The molecular formula is C20H31F5O4. The van der Waals surface area contributed by atoms with Gasteiger partial charge in [0.05, 0.1) is 5.92 Å². The van der Waals surface area contributed by atoms with E-state index in [1.807, 2.05) is 20.8 Å². The lowest BCUT2D eigenvalue weighted by Crippen LogP contribution is -2.47. The van der Waals surface area contributed by atoms with Crippen molar-refractivity contribution in [1.29, 1.82) is 0 Å². The third kappa shape index (κ3) is 6.81. The first-order chi connectivity index (χ1) is 13.2. The first kappa shape index (κ1) is 25.6. The summed E-state index contributed by atoms with van der Waals surface area (Å²) >= 11 is 0. The van der Waals surface area contributed by atoms with Crippen LogP contribution in [-0.4, -0.2) is 36.2 Å². The number of ether oxygens (including phenoxy) is 2. The fraction of sp³-hybridized carbons (Fsp3) is 0.900. The van der Waals surface area contributed by atoms with Crippen LogP contribution in [0.1, 0.15) is 79.1 Å². The molecule has 1 rings (SSSR count). The molecule has 0 aliphatic heterocycles. The average molecular weight is 430 g/mol. The molecule has 0 N–H and O–H groups in total. The highest BCUT2D eigenvalue weighted by atomic mass is 19.4. The Balaban J connectivity index is 2.85. The Morgan fingerprint density at radius 2 is 1.59 bits per heavy atom. The van der Waals surface area contributed by atoms with Gasteiger partial charge in [-0.2, -0.15) is 22.0 Å². The van der Waals surface area contributed by atoms with E-state index in [9.17, 15) is 31.5 Å². The van der Waals surface area contributed by atoms with Crippen LogP contribution in [0.5, 0.6) is 0 Å². The normalized spacial score (nSPS) is 18.4. The van der Waals surface area contributed by atoms with E-state index >= 15 is 0 Å². The molecule has 1 aliphatic rings. The summed E-state index contributed by atoms with van der Waals surface area (Å²) in [5.41, 5.74) is -1.28. The largest absolute Gasteiger partial charge is 0.459 e. The first-order valence-electron chi connectivity index (χ1n) is 10.0. The van der Waals surface area contributed by atoms with Gasteiger partial charge < -0.3 is 9.47 Å². The predicted octanol–water partition coefficient (Wildman–Crippen LogP) is 5.83. The highest BCUT2D eigenvalue weighted by molar-refractivity contribution is 5.76. The summed E-state index contributed by atoms with van der Waals surface area (Å²) in [4.78, 5) is 24.8. The Morgan fingerprint density at radius 3 is 2.03 bits per heavy atom. The fourth-order valence-corrected chi connectivity index (χ4v) is 3.49. The summed E-state index contributed by atoms with van der Waals surface area (Å²) in [6, 6.07) is 0. The lowest BCUT2D eigenvalue weighted by atomic mass is 9.83. The van der Waals surface area contributed by atoms with Crippen molar-refractivity contribution in [2.24, 2.45) is 11.3 Å². The number of esters is 2. The topological polar surface area (TPSA) is 52.6 Å². The zero-order valence-corrected chi connectivity index (χ0v) is 17.5. The fourth-order valence-electron chi connectivity index (χ4n) is 3.49. The number of alkyl halides is 5. The summed E-state index contributed by atoms with van der Waals surface area (Å²) in [6.07, 6.45) is -2.10. The molecule has 4 nitrogen and oxygen atoms in total. The van der Waals surface area contributed by atoms with Gasteiger partial charge in [-0.1, -0.05) is 34.1 Å². The van der Waals surface area contributed by atoms with E-state index < -0.39 is 42.2 Å². The number of hydrogen-bond acceptors (Lipinski definition) is 4. The van der Waals surface area contributed by atoms with Gasteiger partial charge >= 0.3 is 24.0 Å². The van der Waals surface area contributed by atoms with Crippen molar-refractivity contribution >= 4 is 11.9 Å². The van der Waals surface area contributed by atoms with Crippen LogP contribution in [0.15, 0.2) is 0 Å². The van der Waals surface area contributed by atoms with Crippen LogP contribution in [0.25, 0.3) is 0 Å². The number of halogens is 5. The SMILES string of the molecule is CCC(C(=O)OCC(F)(F)C(F)(F)F)C1(OC(=O)CCC(C)(C)CC)CCCC1. The molecule has 0 aromatic rings. The number of carbonyl (C=O) groups excluding carboxylic acids is 2. The zero-order valence-electron chi connectivity index (χ0n) is 17.5. The summed E-state index contributed by atoms with van der Waals surface area (Å²) < 4.78 is 73.1. The molecule has 1 fully saturated rings. The molecule has 1 unspecified atom stereocenters. The molecule has 1 atom stereocenters. The Labute approximate surface area is 168 Å². The maximum absolute atomic E-state index is 13.1. The van der Waals surface area contributed by atoms with Crippen molar-refractivity contribution < 1.29 is 41.0 Å². The third-order valence-electron chi connectivity index (χ3n) is 5.87. The summed E-state index contributed by atoms with van der Waals surface area (Å²) in [5.74, 6) is -7.91. The standard InChI is InChI=1S/C20H31F5O4/c1-5-14(16(27)28-13-19(21,22)20(23,24)25)18(10-7-8-11-18)29-15(26)9-12-17(3,4)6-2/h14H,5-13H2,1-4H3. The summed E-state index contributed by atoms with van der Waals surface area (Å²) in [6.45, 7) is 5.53. The molecule has 0 amide bonds. The molecule has 0 aromatic carbocycles. The van der Waals surface area contributed by atoms with Gasteiger partial charge in [0, 0.05) is 6.42 Å². The Kier molecular flexibility index (Phi) is 8.48. The molecule has 0 spiro atoms. The molecule has 9 heteroatoms. The molecule has 0 bridgehead atoms. The van der Waals surface area contributed by atoms with Crippen molar-refractivity contribution in [3.63, 3.8) is 0 Å². The number of rotatable bonds is 10. The lowest BCUT2D eigenvalue weighted by Gasteiger charge is -2.36. The molecule has 0 radical (unpaired) electrons. The van der Waals surface area contributed by atoms with Gasteiger partial charge in [0.15, 0.2) is 6.61 Å². The van der Waals surface area contributed by atoms with Gasteiger partial charge in [-0.05, 0) is 43.9 Å². The van der Waals surface area contributed by atoms with Crippen LogP contribution < -0.4 is 0 Å². The summed E-state index contributed by atoms with van der Waals surface area (Å²) in [7, 11) is 0. The molecule has 1 saturated carbocycles. The third-order valence-corrected chi connectivity index (χ3v) is 5.87. The van der Waals surface area contributed by atoms with Gasteiger partial charge in [-0.15, -0.1) is 0 Å². The minimum atomic E-state index is -5.81. The molecule has 0 aromatic heterocycles. The van der Waals surface area contributed by atoms with Gasteiger partial charge in [-0.3, -0.25) is 9.59 Å². The van der Waals surface area contributed by atoms with Crippen molar-refractivity contribution in [2.75, 3.05) is 6.61 Å². The van der Waals surface area contributed by atoms with Gasteiger partial charge in [-0.25, -0.2) is 0 Å². The van der Waals surface area contributed by atoms with Crippen LogP contribution >= 0.6 is 0 Å². The van der Waals surface area contributed by atoms with Crippen LogP contribution in [0.2, 0.25) is 0 Å². The van der Waals surface area contributed by atoms with E-state index in [-0.39, 0.29) is 18.3 Å². The lowest BCUT2D eigenvalue weighted by molar-refractivity contribution is -0.294. The Morgan fingerprint density at radius 1 is 1.03 bits per heavy atom. The average Bonchev–Trinajstić information content (AvgIpc) is 3.07. The van der Waals surface area contributed by atoms with Crippen LogP contribution in [-0.2, 0) is 19.1 Å². The van der Waals surface area contributed by atoms with E-state index in [2.05, 4.69) is 4.74 Å². The molecule has 1 aliphatic carbocycles. The van der Waals surface area contributed by atoms with E-state index in [4.69, 9.17) is 4.74 Å². The van der Waals surface area contributed by atoms with Gasteiger partial charge in [0.1, 0.15) is 5.60 Å². The zero-order chi connectivity index (χ0) is 22.5. The predicted molar refractivity (Wildman–Crippen MR) is 96.3 cm³/mol. The highest BCUT2D eigenvalue weighted by Crippen LogP contribution is 2.43. The van der Waals surface area contributed by atoms with Gasteiger partial charge in [0.2, 0.25) is 0 Å². The van der Waals surface area contributed by atoms with E-state index in [0.29, 0.717) is 32.1 Å². The number of hydrogen-bond donors (Lipinski definition) is 0. The maximum atomic E-state index is 13.1.